The molecule has 0 amide bonds. The third kappa shape index (κ3) is 4.03. The molecule has 0 aromatic heterocycles. The number of carbonyl (C=O) groups excluding carboxylic acids is 2. The molecule has 1 N–H and O–H groups in total. The van der Waals surface area contributed by atoms with Gasteiger partial charge in [-0.05, 0) is 75.1 Å². The Morgan fingerprint density at radius 1 is 0.758 bits per heavy atom. The van der Waals surface area contributed by atoms with E-state index in [0.29, 0.717) is 23.0 Å². The molecule has 2 saturated heterocycles. The zero-order chi connectivity index (χ0) is 23.1. The van der Waals surface area contributed by atoms with Crippen LogP contribution in [0, 0.1) is 11.8 Å². The Bertz CT molecular complexity index is 938. The van der Waals surface area contributed by atoms with Crippen molar-refractivity contribution in [3.05, 3.63) is 71.8 Å². The smallest absolute Gasteiger partial charge is 0.338 e. The molecule has 0 spiro atoms. The molecule has 33 heavy (non-hydrogen) atoms. The van der Waals surface area contributed by atoms with Crippen LogP contribution in [0.15, 0.2) is 60.7 Å². The molecular formula is C26H31NO4P2. The maximum atomic E-state index is 13.0. The summed E-state index contributed by atoms with van der Waals surface area (Å²) in [6, 6.07) is 18.1. The van der Waals surface area contributed by atoms with Gasteiger partial charge in [0.05, 0.1) is 11.1 Å². The number of hydrogen-bond acceptors (Lipinski definition) is 5. The maximum Gasteiger partial charge on any atom is 0.338 e. The number of benzene rings is 2. The number of carbonyl (C=O) groups is 2. The summed E-state index contributed by atoms with van der Waals surface area (Å²) in [6.45, 7) is 4.58. The van der Waals surface area contributed by atoms with Crippen molar-refractivity contribution >= 4 is 29.1 Å². The molecule has 8 atom stereocenters. The molecule has 174 valence electrons. The van der Waals surface area contributed by atoms with Crippen LogP contribution in [0.1, 0.15) is 46.4 Å². The number of esters is 2. The van der Waals surface area contributed by atoms with Gasteiger partial charge in [-0.1, -0.05) is 36.4 Å². The lowest BCUT2D eigenvalue weighted by Crippen LogP contribution is -2.50. The van der Waals surface area contributed by atoms with Crippen LogP contribution in [0.4, 0.5) is 0 Å². The zero-order valence-electron chi connectivity index (χ0n) is 19.0. The van der Waals surface area contributed by atoms with E-state index in [9.17, 15) is 9.59 Å². The van der Waals surface area contributed by atoms with E-state index in [2.05, 4.69) is 18.6 Å². The molecule has 5 rings (SSSR count). The highest BCUT2D eigenvalue weighted by atomic mass is 31.1. The Kier molecular flexibility index (Phi) is 6.33. The molecule has 1 aliphatic carbocycles. The molecule has 8 unspecified atom stereocenters. The van der Waals surface area contributed by atoms with E-state index in [0.717, 1.165) is 30.0 Å². The van der Waals surface area contributed by atoms with Gasteiger partial charge in [-0.15, -0.1) is 17.2 Å². The van der Waals surface area contributed by atoms with Gasteiger partial charge in [-0.3, -0.25) is 5.32 Å². The molecule has 3 fully saturated rings. The first-order chi connectivity index (χ1) is 16.0. The van der Waals surface area contributed by atoms with Crippen molar-refractivity contribution in [3.8, 4) is 0 Å². The van der Waals surface area contributed by atoms with Crippen molar-refractivity contribution in [1.29, 1.82) is 0 Å². The fraction of sp³-hybridized carbons (Fsp3) is 0.462. The predicted molar refractivity (Wildman–Crippen MR) is 134 cm³/mol. The summed E-state index contributed by atoms with van der Waals surface area (Å²) in [4.78, 5) is 25.9. The molecule has 1 saturated carbocycles. The minimum atomic E-state index is -0.446. The Labute approximate surface area is 199 Å². The number of hydrogen-bond donors (Lipinski definition) is 1. The summed E-state index contributed by atoms with van der Waals surface area (Å²) in [5.41, 5.74) is 1.05. The first-order valence-corrected chi connectivity index (χ1v) is 14.7. The largest absolute Gasteiger partial charge is 0.455 e. The lowest BCUT2D eigenvalue weighted by molar-refractivity contribution is -0.0787. The van der Waals surface area contributed by atoms with E-state index in [1.54, 1.807) is 24.3 Å². The molecule has 2 aliphatic heterocycles. The van der Waals surface area contributed by atoms with Crippen molar-refractivity contribution in [2.45, 2.75) is 48.5 Å². The average Bonchev–Trinajstić information content (AvgIpc) is 3.38. The van der Waals surface area contributed by atoms with E-state index in [1.165, 1.54) is 12.8 Å². The molecule has 2 bridgehead atoms. The first-order valence-electron chi connectivity index (χ1n) is 11.7. The van der Waals surface area contributed by atoms with Gasteiger partial charge in [0.2, 0.25) is 0 Å². The van der Waals surface area contributed by atoms with Gasteiger partial charge >= 0.3 is 11.9 Å². The fourth-order valence-electron chi connectivity index (χ4n) is 6.25. The van der Waals surface area contributed by atoms with Crippen molar-refractivity contribution in [2.24, 2.45) is 11.8 Å². The normalized spacial score (nSPS) is 35.2. The average molecular weight is 483 g/mol. The highest BCUT2D eigenvalue weighted by Gasteiger charge is 2.66. The van der Waals surface area contributed by atoms with Crippen LogP contribution in [0.2, 0.25) is 0 Å². The van der Waals surface area contributed by atoms with Crippen LogP contribution in [0.25, 0.3) is 0 Å². The highest BCUT2D eigenvalue weighted by molar-refractivity contribution is 7.40. The Balaban J connectivity index is 1.43. The van der Waals surface area contributed by atoms with Gasteiger partial charge in [0.1, 0.15) is 12.2 Å². The van der Waals surface area contributed by atoms with Gasteiger partial charge in [0.15, 0.2) is 0 Å². The predicted octanol–water partition coefficient (Wildman–Crippen LogP) is 4.87. The van der Waals surface area contributed by atoms with Crippen LogP contribution in [-0.4, -0.2) is 48.0 Å². The fourth-order valence-corrected chi connectivity index (χ4v) is 9.20. The van der Waals surface area contributed by atoms with Crippen molar-refractivity contribution in [3.63, 3.8) is 0 Å². The SMILES string of the molecule is CPC12CCC(PC)(N1)C1CC(OC(=O)c3ccccc3)C(OC(=O)c3ccccc3)CC12. The molecule has 3 aliphatic rings. The van der Waals surface area contributed by atoms with Crippen LogP contribution in [-0.2, 0) is 9.47 Å². The lowest BCUT2D eigenvalue weighted by Gasteiger charge is -2.47. The van der Waals surface area contributed by atoms with Gasteiger partial charge in [0.25, 0.3) is 0 Å². The Hall–Kier alpha value is -1.80. The summed E-state index contributed by atoms with van der Waals surface area (Å²) >= 11 is 0. The van der Waals surface area contributed by atoms with E-state index in [4.69, 9.17) is 9.47 Å². The van der Waals surface area contributed by atoms with Crippen LogP contribution in [0.5, 0.6) is 0 Å². The van der Waals surface area contributed by atoms with E-state index >= 15 is 0 Å². The Morgan fingerprint density at radius 2 is 1.15 bits per heavy atom. The number of fused-ring (bicyclic) bond motifs is 5. The molecule has 7 heteroatoms. The third-order valence-electron chi connectivity index (χ3n) is 7.93. The van der Waals surface area contributed by atoms with Gasteiger partial charge in [0, 0.05) is 10.6 Å². The first kappa shape index (κ1) is 23.0. The second-order valence-corrected chi connectivity index (χ2v) is 12.2. The van der Waals surface area contributed by atoms with Gasteiger partial charge in [-0.2, -0.15) is 0 Å². The quantitative estimate of drug-likeness (QED) is 0.469. The summed E-state index contributed by atoms with van der Waals surface area (Å²) in [5, 5.41) is 4.30. The monoisotopic (exact) mass is 483 g/mol. The molecule has 2 aromatic carbocycles. The summed E-state index contributed by atoms with van der Waals surface area (Å²) in [6.07, 6.45) is 2.93. The van der Waals surface area contributed by atoms with Gasteiger partial charge in [-0.25, -0.2) is 9.59 Å². The second kappa shape index (κ2) is 9.10. The molecular weight excluding hydrogens is 452 g/mol. The minimum Gasteiger partial charge on any atom is -0.455 e. The lowest BCUT2D eigenvalue weighted by atomic mass is 9.68. The van der Waals surface area contributed by atoms with Crippen molar-refractivity contribution < 1.29 is 19.1 Å². The summed E-state index contributed by atoms with van der Waals surface area (Å²) in [5.74, 6) is 0.163. The number of rotatable bonds is 6. The standard InChI is InChI=1S/C26H31NO4P2/c1-32-25-13-14-26(27-25,33-2)20-16-22(31-24(29)18-11-7-4-8-12-18)21(15-19(20)25)30-23(28)17-9-5-3-6-10-17/h3-12,19-22,27,32-33H,13-16H2,1-2H3. The number of ether oxygens (including phenoxy) is 2. The zero-order valence-corrected chi connectivity index (χ0v) is 21.0. The molecule has 5 nitrogen and oxygen atoms in total. The van der Waals surface area contributed by atoms with Crippen molar-refractivity contribution in [1.82, 2.24) is 5.32 Å². The highest BCUT2D eigenvalue weighted by Crippen LogP contribution is 2.67. The molecule has 2 aromatic rings. The van der Waals surface area contributed by atoms with Crippen LogP contribution >= 0.6 is 17.2 Å². The van der Waals surface area contributed by atoms with E-state index in [1.807, 2.05) is 36.4 Å². The molecule has 0 radical (unpaired) electrons. The number of nitrogens with one attached hydrogen (secondary N) is 1. The third-order valence-corrected chi connectivity index (χ3v) is 11.2. The van der Waals surface area contributed by atoms with E-state index in [-0.39, 0.29) is 22.5 Å². The summed E-state index contributed by atoms with van der Waals surface area (Å²) in [7, 11) is 1.57. The van der Waals surface area contributed by atoms with Crippen LogP contribution < -0.4 is 5.32 Å². The topological polar surface area (TPSA) is 64.6 Å². The maximum absolute atomic E-state index is 13.0. The molecule has 2 heterocycles. The minimum absolute atomic E-state index is 0.124. The van der Waals surface area contributed by atoms with Crippen molar-refractivity contribution in [2.75, 3.05) is 13.3 Å². The van der Waals surface area contributed by atoms with E-state index < -0.39 is 12.2 Å². The second-order valence-electron chi connectivity index (χ2n) is 9.37. The Morgan fingerprint density at radius 3 is 1.52 bits per heavy atom. The summed E-state index contributed by atoms with van der Waals surface area (Å²) < 4.78 is 12.1. The van der Waals surface area contributed by atoms with Crippen LogP contribution in [0.3, 0.4) is 0 Å². The van der Waals surface area contributed by atoms with Gasteiger partial charge < -0.3 is 9.47 Å².